The Hall–Kier alpha value is -3.79. The Morgan fingerprint density at radius 2 is 1.97 bits per heavy atom. The van der Waals surface area contributed by atoms with E-state index in [0.717, 1.165) is 28.4 Å². The SMILES string of the molecule is CCOc1cc(C2C(=C(O)c3ccc(F)cc3)C(=O)C(=O)N2c2nncs2)ccc1O. The van der Waals surface area contributed by atoms with Gasteiger partial charge in [-0.1, -0.05) is 17.4 Å². The van der Waals surface area contributed by atoms with Crippen molar-refractivity contribution in [2.75, 3.05) is 11.5 Å². The number of ketones is 1. The molecule has 1 saturated heterocycles. The molecule has 10 heteroatoms. The number of amides is 1. The summed E-state index contributed by atoms with van der Waals surface area (Å²) in [7, 11) is 0. The van der Waals surface area contributed by atoms with Crippen molar-refractivity contribution in [2.45, 2.75) is 13.0 Å². The lowest BCUT2D eigenvalue weighted by atomic mass is 9.95. The Balaban J connectivity index is 1.94. The minimum absolute atomic E-state index is 0.114. The van der Waals surface area contributed by atoms with Crippen LogP contribution in [-0.2, 0) is 9.59 Å². The summed E-state index contributed by atoms with van der Waals surface area (Å²) in [6.07, 6.45) is 0. The van der Waals surface area contributed by atoms with Gasteiger partial charge < -0.3 is 14.9 Å². The van der Waals surface area contributed by atoms with E-state index in [1.54, 1.807) is 6.92 Å². The first-order chi connectivity index (χ1) is 14.9. The number of anilines is 1. The highest BCUT2D eigenvalue weighted by molar-refractivity contribution is 7.13. The number of aliphatic hydroxyl groups excluding tert-OH is 1. The number of phenolic OH excluding ortho intramolecular Hbond substituents is 1. The van der Waals surface area contributed by atoms with Crippen LogP contribution in [0.25, 0.3) is 5.76 Å². The van der Waals surface area contributed by atoms with Crippen LogP contribution in [0.4, 0.5) is 9.52 Å². The van der Waals surface area contributed by atoms with E-state index in [4.69, 9.17) is 4.74 Å². The fraction of sp³-hybridized carbons (Fsp3) is 0.143. The van der Waals surface area contributed by atoms with Gasteiger partial charge in [0.2, 0.25) is 5.13 Å². The highest BCUT2D eigenvalue weighted by Gasteiger charge is 2.48. The normalized spacial score (nSPS) is 17.9. The number of aliphatic hydroxyl groups is 1. The maximum Gasteiger partial charge on any atom is 0.301 e. The van der Waals surface area contributed by atoms with Gasteiger partial charge >= 0.3 is 5.91 Å². The summed E-state index contributed by atoms with van der Waals surface area (Å²) in [6.45, 7) is 2.02. The molecule has 0 saturated carbocycles. The molecule has 2 N–H and O–H groups in total. The first-order valence-corrected chi connectivity index (χ1v) is 10.1. The zero-order valence-electron chi connectivity index (χ0n) is 16.2. The quantitative estimate of drug-likeness (QED) is 0.354. The van der Waals surface area contributed by atoms with Crippen molar-refractivity contribution >= 4 is 33.9 Å². The Labute approximate surface area is 179 Å². The van der Waals surface area contributed by atoms with Gasteiger partial charge in [0, 0.05) is 5.56 Å². The molecule has 0 spiro atoms. The highest BCUT2D eigenvalue weighted by Crippen LogP contribution is 2.44. The number of aromatic hydroxyl groups is 1. The third kappa shape index (κ3) is 3.61. The number of nitrogens with zero attached hydrogens (tertiary/aromatic N) is 3. The third-order valence-electron chi connectivity index (χ3n) is 4.72. The van der Waals surface area contributed by atoms with E-state index in [1.807, 2.05) is 0 Å². The van der Waals surface area contributed by atoms with Gasteiger partial charge in [0.15, 0.2) is 11.5 Å². The van der Waals surface area contributed by atoms with E-state index in [9.17, 15) is 24.2 Å². The van der Waals surface area contributed by atoms with E-state index in [1.165, 1.54) is 35.8 Å². The Kier molecular flexibility index (Phi) is 5.38. The van der Waals surface area contributed by atoms with Gasteiger partial charge in [-0.05, 0) is 48.9 Å². The van der Waals surface area contributed by atoms with Crippen molar-refractivity contribution in [1.82, 2.24) is 10.2 Å². The molecule has 1 fully saturated rings. The van der Waals surface area contributed by atoms with Crippen LogP contribution in [-0.4, -0.2) is 38.7 Å². The number of benzene rings is 2. The standard InChI is InChI=1S/C21H16FN3O5S/c1-2-30-15-9-12(5-8-14(15)26)17-16(18(27)11-3-6-13(22)7-4-11)19(28)20(29)25(17)21-24-23-10-31-21/h3-10,17,26-27H,2H2,1H3. The predicted molar refractivity (Wildman–Crippen MR) is 110 cm³/mol. The fourth-order valence-corrected chi connectivity index (χ4v) is 3.94. The molecule has 1 amide bonds. The first-order valence-electron chi connectivity index (χ1n) is 9.21. The number of phenols is 1. The second-order valence-electron chi connectivity index (χ2n) is 6.56. The monoisotopic (exact) mass is 441 g/mol. The van der Waals surface area contributed by atoms with Gasteiger partial charge in [-0.25, -0.2) is 4.39 Å². The molecule has 1 aliphatic rings. The zero-order valence-corrected chi connectivity index (χ0v) is 17.0. The van der Waals surface area contributed by atoms with Crippen molar-refractivity contribution in [1.29, 1.82) is 0 Å². The number of halogens is 1. The summed E-state index contributed by atoms with van der Waals surface area (Å²) in [5.41, 5.74) is 1.79. The number of aromatic nitrogens is 2. The van der Waals surface area contributed by atoms with Crippen LogP contribution in [0.5, 0.6) is 11.5 Å². The van der Waals surface area contributed by atoms with Crippen molar-refractivity contribution in [3.63, 3.8) is 0 Å². The van der Waals surface area contributed by atoms with Gasteiger partial charge in [-0.15, -0.1) is 10.2 Å². The van der Waals surface area contributed by atoms with Crippen LogP contribution in [0.1, 0.15) is 24.1 Å². The third-order valence-corrected chi connectivity index (χ3v) is 5.40. The molecule has 8 nitrogen and oxygen atoms in total. The number of Topliss-reactive ketones (excluding diaryl/α,β-unsaturated/α-hetero) is 1. The molecule has 0 aliphatic carbocycles. The average molecular weight is 441 g/mol. The Morgan fingerprint density at radius 3 is 2.61 bits per heavy atom. The van der Waals surface area contributed by atoms with Crippen LogP contribution in [0, 0.1) is 5.82 Å². The lowest BCUT2D eigenvalue weighted by Gasteiger charge is -2.23. The number of rotatable bonds is 5. The summed E-state index contributed by atoms with van der Waals surface area (Å²) in [6, 6.07) is 8.21. The van der Waals surface area contributed by atoms with Crippen LogP contribution >= 0.6 is 11.3 Å². The van der Waals surface area contributed by atoms with E-state index < -0.39 is 29.3 Å². The van der Waals surface area contributed by atoms with Gasteiger partial charge in [0.1, 0.15) is 17.1 Å². The number of carbonyl (C=O) groups is 2. The van der Waals surface area contributed by atoms with E-state index in [0.29, 0.717) is 5.56 Å². The Bertz CT molecular complexity index is 1180. The smallest absolute Gasteiger partial charge is 0.301 e. The molecule has 158 valence electrons. The molecule has 3 aromatic rings. The van der Waals surface area contributed by atoms with Crippen LogP contribution < -0.4 is 9.64 Å². The van der Waals surface area contributed by atoms with Crippen molar-refractivity contribution < 1.29 is 28.9 Å². The molecule has 2 aromatic carbocycles. The summed E-state index contributed by atoms with van der Waals surface area (Å²) >= 11 is 1.05. The molecule has 2 heterocycles. The van der Waals surface area contributed by atoms with Crippen LogP contribution in [0.3, 0.4) is 0 Å². The van der Waals surface area contributed by atoms with Crippen molar-refractivity contribution in [3.05, 3.63) is 70.5 Å². The first kappa shape index (κ1) is 20.5. The van der Waals surface area contributed by atoms with E-state index in [2.05, 4.69) is 10.2 Å². The lowest BCUT2D eigenvalue weighted by molar-refractivity contribution is -0.132. The summed E-state index contributed by atoms with van der Waals surface area (Å²) in [5.74, 6) is -2.74. The molecule has 31 heavy (non-hydrogen) atoms. The molecular formula is C21H16FN3O5S. The highest BCUT2D eigenvalue weighted by atomic mass is 32.1. The Morgan fingerprint density at radius 1 is 1.23 bits per heavy atom. The second-order valence-corrected chi connectivity index (χ2v) is 7.37. The minimum Gasteiger partial charge on any atom is -0.507 e. The van der Waals surface area contributed by atoms with Crippen LogP contribution in [0.2, 0.25) is 0 Å². The summed E-state index contributed by atoms with van der Waals surface area (Å²) in [4.78, 5) is 27.0. The average Bonchev–Trinajstić information content (AvgIpc) is 3.37. The van der Waals surface area contributed by atoms with Gasteiger partial charge in [-0.2, -0.15) is 0 Å². The topological polar surface area (TPSA) is 113 Å². The molecule has 0 bridgehead atoms. The van der Waals surface area contributed by atoms with Crippen LogP contribution in [0.15, 0.2) is 53.5 Å². The number of hydrogen-bond donors (Lipinski definition) is 2. The van der Waals surface area contributed by atoms with E-state index >= 15 is 0 Å². The minimum atomic E-state index is -1.06. The maximum absolute atomic E-state index is 13.3. The number of carbonyl (C=O) groups excluding carboxylic acids is 2. The van der Waals surface area contributed by atoms with Gasteiger partial charge in [0.05, 0.1) is 18.2 Å². The zero-order chi connectivity index (χ0) is 22.1. The van der Waals surface area contributed by atoms with Gasteiger partial charge in [-0.3, -0.25) is 14.5 Å². The second kappa shape index (κ2) is 8.15. The molecule has 1 atom stereocenters. The summed E-state index contributed by atoms with van der Waals surface area (Å²) in [5, 5.41) is 28.8. The molecular weight excluding hydrogens is 425 g/mol. The lowest BCUT2D eigenvalue weighted by Crippen LogP contribution is -2.29. The largest absolute Gasteiger partial charge is 0.507 e. The molecule has 1 aromatic heterocycles. The summed E-state index contributed by atoms with van der Waals surface area (Å²) < 4.78 is 18.8. The molecule has 1 unspecified atom stereocenters. The molecule has 0 radical (unpaired) electrons. The maximum atomic E-state index is 13.3. The van der Waals surface area contributed by atoms with Crippen molar-refractivity contribution in [2.24, 2.45) is 0 Å². The van der Waals surface area contributed by atoms with Gasteiger partial charge in [0.25, 0.3) is 5.78 Å². The fourth-order valence-electron chi connectivity index (χ4n) is 3.35. The number of ether oxygens (including phenoxy) is 1. The number of hydrogen-bond acceptors (Lipinski definition) is 8. The predicted octanol–water partition coefficient (Wildman–Crippen LogP) is 3.41. The van der Waals surface area contributed by atoms with E-state index in [-0.39, 0.29) is 34.4 Å². The molecule has 1 aliphatic heterocycles. The molecule has 4 rings (SSSR count). The van der Waals surface area contributed by atoms with Crippen molar-refractivity contribution in [3.8, 4) is 11.5 Å².